The molecular formula is C13H8BrFN4O. The molecule has 0 aliphatic heterocycles. The Hall–Kier alpha value is -2.28. The third kappa shape index (κ3) is 2.27. The van der Waals surface area contributed by atoms with Crippen LogP contribution in [0.5, 0.6) is 0 Å². The molecule has 0 bridgehead atoms. The highest BCUT2D eigenvalue weighted by Crippen LogP contribution is 2.31. The van der Waals surface area contributed by atoms with Crippen LogP contribution < -0.4 is 5.73 Å². The van der Waals surface area contributed by atoms with E-state index >= 15 is 0 Å². The van der Waals surface area contributed by atoms with Gasteiger partial charge in [0.15, 0.2) is 0 Å². The summed E-state index contributed by atoms with van der Waals surface area (Å²) in [6, 6.07) is 8.17. The quantitative estimate of drug-likeness (QED) is 0.727. The van der Waals surface area contributed by atoms with Crippen molar-refractivity contribution in [1.82, 2.24) is 15.1 Å². The van der Waals surface area contributed by atoms with Crippen molar-refractivity contribution >= 4 is 21.6 Å². The second kappa shape index (κ2) is 5.01. The van der Waals surface area contributed by atoms with Crippen LogP contribution in [-0.2, 0) is 0 Å². The van der Waals surface area contributed by atoms with Crippen molar-refractivity contribution in [2.45, 2.75) is 0 Å². The lowest BCUT2D eigenvalue weighted by Gasteiger charge is -2.01. The van der Waals surface area contributed by atoms with Gasteiger partial charge in [-0.25, -0.2) is 9.37 Å². The monoisotopic (exact) mass is 334 g/mol. The number of aromatic nitrogens is 3. The number of pyridine rings is 1. The Bertz CT molecular complexity index is 757. The zero-order chi connectivity index (χ0) is 14.1. The summed E-state index contributed by atoms with van der Waals surface area (Å²) in [4.78, 5) is 8.11. The molecule has 20 heavy (non-hydrogen) atoms. The van der Waals surface area contributed by atoms with E-state index in [9.17, 15) is 4.39 Å². The van der Waals surface area contributed by atoms with Gasteiger partial charge in [0, 0.05) is 4.47 Å². The van der Waals surface area contributed by atoms with E-state index in [1.807, 2.05) is 12.1 Å². The van der Waals surface area contributed by atoms with Gasteiger partial charge in [-0.05, 0) is 40.2 Å². The minimum atomic E-state index is -0.422. The first-order valence-corrected chi connectivity index (χ1v) is 6.44. The van der Waals surface area contributed by atoms with E-state index in [2.05, 4.69) is 31.1 Å². The fourth-order valence-electron chi connectivity index (χ4n) is 1.67. The highest BCUT2D eigenvalue weighted by molar-refractivity contribution is 9.10. The predicted molar refractivity (Wildman–Crippen MR) is 75.0 cm³/mol. The Morgan fingerprint density at radius 1 is 1.20 bits per heavy atom. The van der Waals surface area contributed by atoms with Crippen LogP contribution in [0.3, 0.4) is 0 Å². The van der Waals surface area contributed by atoms with Crippen molar-refractivity contribution in [3.63, 3.8) is 0 Å². The first-order valence-electron chi connectivity index (χ1n) is 5.65. The topological polar surface area (TPSA) is 77.8 Å². The maximum Gasteiger partial charge on any atom is 0.260 e. The Morgan fingerprint density at radius 3 is 2.80 bits per heavy atom. The first kappa shape index (κ1) is 12.7. The van der Waals surface area contributed by atoms with E-state index in [0.29, 0.717) is 16.9 Å². The van der Waals surface area contributed by atoms with Gasteiger partial charge in [0.2, 0.25) is 5.82 Å². The van der Waals surface area contributed by atoms with E-state index in [1.54, 1.807) is 6.07 Å². The minimum Gasteiger partial charge on any atom is -0.397 e. The zero-order valence-electron chi connectivity index (χ0n) is 10.0. The summed E-state index contributed by atoms with van der Waals surface area (Å²) in [7, 11) is 0. The summed E-state index contributed by atoms with van der Waals surface area (Å²) >= 11 is 3.33. The number of nitrogen functional groups attached to an aromatic ring is 1. The maximum atomic E-state index is 12.8. The molecule has 0 aliphatic rings. The Balaban J connectivity index is 2.02. The van der Waals surface area contributed by atoms with Crippen LogP contribution in [0, 0.1) is 5.82 Å². The fourth-order valence-corrected chi connectivity index (χ4v) is 2.03. The van der Waals surface area contributed by atoms with Gasteiger partial charge in [-0.3, -0.25) is 0 Å². The van der Waals surface area contributed by atoms with E-state index in [0.717, 1.165) is 10.7 Å². The molecule has 0 fully saturated rings. The highest BCUT2D eigenvalue weighted by Gasteiger charge is 2.14. The molecule has 0 saturated carbocycles. The largest absolute Gasteiger partial charge is 0.397 e. The molecule has 1 aromatic carbocycles. The second-order valence-corrected chi connectivity index (χ2v) is 4.84. The molecule has 0 saturated heterocycles. The van der Waals surface area contributed by atoms with Crippen LogP contribution in [0.4, 0.5) is 10.1 Å². The van der Waals surface area contributed by atoms with Crippen molar-refractivity contribution in [2.75, 3.05) is 5.73 Å². The molecule has 0 radical (unpaired) electrons. The summed E-state index contributed by atoms with van der Waals surface area (Å²) in [6.45, 7) is 0. The molecule has 3 rings (SSSR count). The molecule has 0 unspecified atom stereocenters. The molecule has 7 heteroatoms. The number of para-hydroxylation sites is 1. The third-order valence-electron chi connectivity index (χ3n) is 2.67. The van der Waals surface area contributed by atoms with Gasteiger partial charge in [-0.1, -0.05) is 11.2 Å². The number of nitrogens with two attached hydrogens (primary N) is 1. The standard InChI is InChI=1S/C13H8BrFN4O/c14-9-3-1-2-8(11(9)16)13-18-12(19-20-13)10-5-4-7(15)6-17-10/h1-6H,16H2. The van der Waals surface area contributed by atoms with Gasteiger partial charge < -0.3 is 10.3 Å². The highest BCUT2D eigenvalue weighted by atomic mass is 79.9. The average Bonchev–Trinajstić information content (AvgIpc) is 2.92. The van der Waals surface area contributed by atoms with Gasteiger partial charge in [0.25, 0.3) is 5.89 Å². The average molecular weight is 335 g/mol. The molecule has 0 atom stereocenters. The lowest BCUT2D eigenvalue weighted by molar-refractivity contribution is 0.432. The second-order valence-electron chi connectivity index (χ2n) is 3.99. The number of hydrogen-bond acceptors (Lipinski definition) is 5. The number of rotatable bonds is 2. The minimum absolute atomic E-state index is 0.277. The lowest BCUT2D eigenvalue weighted by atomic mass is 10.2. The van der Waals surface area contributed by atoms with E-state index in [4.69, 9.17) is 10.3 Å². The maximum absolute atomic E-state index is 12.8. The molecule has 100 valence electrons. The normalized spacial score (nSPS) is 10.7. The van der Waals surface area contributed by atoms with Crippen molar-refractivity contribution in [2.24, 2.45) is 0 Å². The summed E-state index contributed by atoms with van der Waals surface area (Å²) in [6.07, 6.45) is 1.10. The van der Waals surface area contributed by atoms with Crippen molar-refractivity contribution < 1.29 is 8.91 Å². The summed E-state index contributed by atoms with van der Waals surface area (Å²) in [5.41, 5.74) is 7.50. The summed E-state index contributed by atoms with van der Waals surface area (Å²) in [5.74, 6) is 0.137. The van der Waals surface area contributed by atoms with E-state index in [1.165, 1.54) is 12.1 Å². The molecule has 2 heterocycles. The van der Waals surface area contributed by atoms with Crippen molar-refractivity contribution in [1.29, 1.82) is 0 Å². The van der Waals surface area contributed by atoms with Crippen LogP contribution in [0.25, 0.3) is 23.0 Å². The van der Waals surface area contributed by atoms with Crippen LogP contribution in [-0.4, -0.2) is 15.1 Å². The zero-order valence-corrected chi connectivity index (χ0v) is 11.6. The third-order valence-corrected chi connectivity index (χ3v) is 3.36. The predicted octanol–water partition coefficient (Wildman–Crippen LogP) is 3.28. The van der Waals surface area contributed by atoms with Crippen molar-refractivity contribution in [3.8, 4) is 23.0 Å². The van der Waals surface area contributed by atoms with Crippen molar-refractivity contribution in [3.05, 3.63) is 46.8 Å². The number of hydrogen-bond donors (Lipinski definition) is 1. The van der Waals surface area contributed by atoms with Gasteiger partial charge in [-0.2, -0.15) is 4.98 Å². The Labute approximate surface area is 121 Å². The molecule has 2 N–H and O–H groups in total. The van der Waals surface area contributed by atoms with Crippen LogP contribution in [0.15, 0.2) is 45.5 Å². The van der Waals surface area contributed by atoms with Gasteiger partial charge >= 0.3 is 0 Å². The molecule has 3 aromatic rings. The van der Waals surface area contributed by atoms with Crippen LogP contribution in [0.2, 0.25) is 0 Å². The number of benzene rings is 1. The molecule has 0 aliphatic carbocycles. The SMILES string of the molecule is Nc1c(Br)cccc1-c1nc(-c2ccc(F)cn2)no1. The molecule has 0 amide bonds. The Morgan fingerprint density at radius 2 is 2.05 bits per heavy atom. The smallest absolute Gasteiger partial charge is 0.260 e. The fraction of sp³-hybridized carbons (Fsp3) is 0. The number of anilines is 1. The number of halogens is 2. The Kier molecular flexibility index (Phi) is 3.19. The summed E-state index contributed by atoms with van der Waals surface area (Å²) < 4.78 is 18.7. The van der Waals surface area contributed by atoms with Gasteiger partial charge in [-0.15, -0.1) is 0 Å². The molecule has 0 spiro atoms. The molecular weight excluding hydrogens is 327 g/mol. The number of nitrogens with zero attached hydrogens (tertiary/aromatic N) is 3. The molecule has 5 nitrogen and oxygen atoms in total. The first-order chi connectivity index (χ1) is 9.65. The van der Waals surface area contributed by atoms with Gasteiger partial charge in [0.05, 0.1) is 17.4 Å². The summed E-state index contributed by atoms with van der Waals surface area (Å²) in [5, 5.41) is 3.82. The van der Waals surface area contributed by atoms with Crippen LogP contribution in [0.1, 0.15) is 0 Å². The lowest BCUT2D eigenvalue weighted by Crippen LogP contribution is -1.91. The van der Waals surface area contributed by atoms with E-state index in [-0.39, 0.29) is 11.7 Å². The van der Waals surface area contributed by atoms with Crippen LogP contribution >= 0.6 is 15.9 Å². The van der Waals surface area contributed by atoms with E-state index < -0.39 is 5.82 Å². The van der Waals surface area contributed by atoms with Gasteiger partial charge in [0.1, 0.15) is 11.5 Å². The molecule has 2 aromatic heterocycles.